The maximum absolute atomic E-state index is 15.7. The van der Waals surface area contributed by atoms with E-state index in [2.05, 4.69) is 0 Å². The third kappa shape index (κ3) is 7.36. The summed E-state index contributed by atoms with van der Waals surface area (Å²) >= 11 is 0. The molecule has 2 heterocycles. The van der Waals surface area contributed by atoms with Crippen molar-refractivity contribution in [3.05, 3.63) is 46.0 Å². The van der Waals surface area contributed by atoms with Gasteiger partial charge in [0.15, 0.2) is 34.6 Å². The number of methoxy groups -OCH3 is 2. The molecule has 2 N–H and O–H groups in total. The van der Waals surface area contributed by atoms with Gasteiger partial charge in [0.25, 0.3) is 0 Å². The average molecular weight is 663 g/mol. The minimum atomic E-state index is -1.19. The highest BCUT2D eigenvalue weighted by atomic mass is 19.1. The number of benzene rings is 2. The molecule has 0 unspecified atom stereocenters. The quantitative estimate of drug-likeness (QED) is 0.243. The van der Waals surface area contributed by atoms with Crippen LogP contribution in [0.4, 0.5) is 8.78 Å². The summed E-state index contributed by atoms with van der Waals surface area (Å²) in [5, 5.41) is 18.6. The van der Waals surface area contributed by atoms with Gasteiger partial charge in [-0.1, -0.05) is 13.8 Å². The molecule has 0 bridgehead atoms. The molecule has 0 atom stereocenters. The van der Waals surface area contributed by atoms with Crippen molar-refractivity contribution in [3.63, 3.8) is 0 Å². The SMILES string of the molecule is CCC(CC)(CC(=O)N1Cc2cc(OC)c(OCCCOc3c(OC)cc4c(c3F)CN(C(=O)CCC(=O)O)C4)c(F)c2C1)C(=O)O. The fraction of sp³-hybridized carbons (Fsp3) is 0.515. The van der Waals surface area contributed by atoms with E-state index in [9.17, 15) is 24.3 Å². The van der Waals surface area contributed by atoms with Gasteiger partial charge >= 0.3 is 11.9 Å². The van der Waals surface area contributed by atoms with Crippen molar-refractivity contribution in [1.82, 2.24) is 9.80 Å². The molecular weight excluding hydrogens is 622 g/mol. The number of hydrogen-bond donors (Lipinski definition) is 2. The summed E-state index contributed by atoms with van der Waals surface area (Å²) in [7, 11) is 2.72. The molecule has 256 valence electrons. The number of fused-ring (bicyclic) bond motifs is 2. The smallest absolute Gasteiger partial charge is 0.310 e. The molecule has 0 aliphatic carbocycles. The number of halogens is 2. The minimum absolute atomic E-state index is 0.0232. The zero-order valence-electron chi connectivity index (χ0n) is 27.0. The van der Waals surface area contributed by atoms with E-state index >= 15 is 8.78 Å². The molecule has 2 aliphatic rings. The van der Waals surface area contributed by atoms with Crippen LogP contribution in [0.15, 0.2) is 12.1 Å². The van der Waals surface area contributed by atoms with Crippen molar-refractivity contribution in [3.8, 4) is 23.0 Å². The lowest BCUT2D eigenvalue weighted by atomic mass is 9.79. The number of carbonyl (C=O) groups excluding carboxylic acids is 2. The molecule has 0 radical (unpaired) electrons. The van der Waals surface area contributed by atoms with Gasteiger partial charge in [-0.15, -0.1) is 0 Å². The molecular formula is C33H40F2N2O10. The lowest BCUT2D eigenvalue weighted by molar-refractivity contribution is -0.154. The number of nitrogens with zero attached hydrogens (tertiary/aromatic N) is 2. The average Bonchev–Trinajstić information content (AvgIpc) is 3.69. The Morgan fingerprint density at radius 3 is 1.64 bits per heavy atom. The molecule has 14 heteroatoms. The number of aliphatic carboxylic acids is 2. The van der Waals surface area contributed by atoms with E-state index in [0.717, 1.165) is 0 Å². The first-order valence-electron chi connectivity index (χ1n) is 15.4. The molecule has 0 fully saturated rings. The lowest BCUT2D eigenvalue weighted by Crippen LogP contribution is -2.37. The van der Waals surface area contributed by atoms with Crippen LogP contribution in [0.1, 0.15) is 74.6 Å². The number of rotatable bonds is 16. The van der Waals surface area contributed by atoms with Gasteiger partial charge in [0.05, 0.1) is 39.3 Å². The Bertz CT molecular complexity index is 1540. The minimum Gasteiger partial charge on any atom is -0.493 e. The molecule has 0 saturated heterocycles. The van der Waals surface area contributed by atoms with Crippen LogP contribution in [-0.4, -0.2) is 71.2 Å². The standard InChI is InChI=1S/C33H40F2N2O10/c1-5-33(6-2,32(42)43)14-26(39)37-16-20-13-24(45-4)31(29(35)22(20)18-37)47-11-7-10-46-30-23(44-3)12-19-15-36(17-21(19)28(30)34)25(38)8-9-27(40)41/h12-13H,5-11,14-18H2,1-4H3,(H,40,41)(H,42,43). The van der Waals surface area contributed by atoms with Crippen molar-refractivity contribution in [2.45, 2.75) is 78.6 Å². The number of hydrogen-bond acceptors (Lipinski definition) is 8. The molecule has 2 aromatic rings. The topological polar surface area (TPSA) is 152 Å². The van der Waals surface area contributed by atoms with Crippen LogP contribution in [0, 0.1) is 17.0 Å². The van der Waals surface area contributed by atoms with E-state index in [0.29, 0.717) is 11.1 Å². The Kier molecular flexibility index (Phi) is 11.1. The summed E-state index contributed by atoms with van der Waals surface area (Å²) in [4.78, 5) is 51.0. The van der Waals surface area contributed by atoms with Gasteiger partial charge < -0.3 is 39.0 Å². The largest absolute Gasteiger partial charge is 0.493 e. The van der Waals surface area contributed by atoms with E-state index in [-0.39, 0.29) is 118 Å². The van der Waals surface area contributed by atoms with Gasteiger partial charge in [0, 0.05) is 56.6 Å². The second-order valence-corrected chi connectivity index (χ2v) is 11.6. The van der Waals surface area contributed by atoms with Crippen LogP contribution in [0.5, 0.6) is 23.0 Å². The number of carboxylic acid groups (broad SMARTS) is 2. The van der Waals surface area contributed by atoms with Gasteiger partial charge in [-0.25, -0.2) is 8.78 Å². The summed E-state index contributed by atoms with van der Waals surface area (Å²) in [6.07, 6.45) is 0.0937. The summed E-state index contributed by atoms with van der Waals surface area (Å²) in [6, 6.07) is 3.18. The van der Waals surface area contributed by atoms with E-state index in [4.69, 9.17) is 24.1 Å². The van der Waals surface area contributed by atoms with Crippen LogP contribution in [-0.2, 0) is 45.4 Å². The fourth-order valence-corrected chi connectivity index (χ4v) is 5.91. The van der Waals surface area contributed by atoms with Gasteiger partial charge in [0.1, 0.15) is 0 Å². The van der Waals surface area contributed by atoms with E-state index in [1.54, 1.807) is 26.0 Å². The Labute approximate surface area is 271 Å². The van der Waals surface area contributed by atoms with E-state index in [1.165, 1.54) is 24.0 Å². The normalized spacial score (nSPS) is 13.7. The van der Waals surface area contributed by atoms with Crippen molar-refractivity contribution in [1.29, 1.82) is 0 Å². The molecule has 0 spiro atoms. The first-order valence-corrected chi connectivity index (χ1v) is 15.4. The second kappa shape index (κ2) is 14.9. The van der Waals surface area contributed by atoms with E-state index in [1.807, 2.05) is 0 Å². The highest BCUT2D eigenvalue weighted by molar-refractivity contribution is 5.85. The summed E-state index contributed by atoms with van der Waals surface area (Å²) < 4.78 is 53.3. The third-order valence-corrected chi connectivity index (χ3v) is 8.96. The predicted octanol–water partition coefficient (Wildman–Crippen LogP) is 4.66. The molecule has 0 saturated carbocycles. The summed E-state index contributed by atoms with van der Waals surface area (Å²) in [5.41, 5.74) is 0.415. The molecule has 12 nitrogen and oxygen atoms in total. The van der Waals surface area contributed by atoms with Crippen LogP contribution in [0.3, 0.4) is 0 Å². The first-order chi connectivity index (χ1) is 22.4. The highest BCUT2D eigenvalue weighted by Gasteiger charge is 2.40. The van der Waals surface area contributed by atoms with Crippen molar-refractivity contribution >= 4 is 23.8 Å². The van der Waals surface area contributed by atoms with Crippen molar-refractivity contribution in [2.75, 3.05) is 27.4 Å². The zero-order chi connectivity index (χ0) is 34.5. The van der Waals surface area contributed by atoms with Gasteiger partial charge in [-0.2, -0.15) is 0 Å². The second-order valence-electron chi connectivity index (χ2n) is 11.6. The maximum Gasteiger partial charge on any atom is 0.310 e. The van der Waals surface area contributed by atoms with Crippen LogP contribution in [0.25, 0.3) is 0 Å². The lowest BCUT2D eigenvalue weighted by Gasteiger charge is -2.28. The zero-order valence-corrected chi connectivity index (χ0v) is 27.0. The van der Waals surface area contributed by atoms with Crippen LogP contribution >= 0.6 is 0 Å². The third-order valence-electron chi connectivity index (χ3n) is 8.96. The van der Waals surface area contributed by atoms with Gasteiger partial charge in [-0.05, 0) is 36.1 Å². The predicted molar refractivity (Wildman–Crippen MR) is 162 cm³/mol. The summed E-state index contributed by atoms with van der Waals surface area (Å²) in [6.45, 7) is 3.58. The first kappa shape index (κ1) is 35.2. The number of ether oxygens (including phenoxy) is 4. The van der Waals surface area contributed by atoms with Crippen LogP contribution < -0.4 is 18.9 Å². The summed E-state index contributed by atoms with van der Waals surface area (Å²) in [5.74, 6) is -4.30. The number of carboxylic acids is 2. The fourth-order valence-electron chi connectivity index (χ4n) is 5.91. The number of amides is 2. The van der Waals surface area contributed by atoms with Gasteiger partial charge in [-0.3, -0.25) is 19.2 Å². The van der Waals surface area contributed by atoms with Crippen LogP contribution in [0.2, 0.25) is 0 Å². The Morgan fingerprint density at radius 1 is 0.766 bits per heavy atom. The molecule has 2 aromatic carbocycles. The Balaban J connectivity index is 1.37. The maximum atomic E-state index is 15.7. The molecule has 47 heavy (non-hydrogen) atoms. The monoisotopic (exact) mass is 662 g/mol. The molecule has 0 aromatic heterocycles. The van der Waals surface area contributed by atoms with Crippen molar-refractivity contribution < 1.29 is 57.1 Å². The van der Waals surface area contributed by atoms with Gasteiger partial charge in [0.2, 0.25) is 11.8 Å². The molecule has 2 amide bonds. The number of carbonyl (C=O) groups is 4. The molecule has 2 aliphatic heterocycles. The Morgan fingerprint density at radius 2 is 1.23 bits per heavy atom. The van der Waals surface area contributed by atoms with E-state index < -0.39 is 34.9 Å². The highest BCUT2D eigenvalue weighted by Crippen LogP contribution is 2.41. The van der Waals surface area contributed by atoms with Crippen molar-refractivity contribution in [2.24, 2.45) is 5.41 Å². The molecule has 4 rings (SSSR count). The Hall–Kier alpha value is -4.62.